The number of aromatic nitrogens is 2. The molecule has 1 aliphatic rings. The number of carboxylic acids is 1. The van der Waals surface area contributed by atoms with Crippen LogP contribution in [0, 0.1) is 0 Å². The molecule has 1 fully saturated rings. The third-order valence-corrected chi connectivity index (χ3v) is 3.48. The van der Waals surface area contributed by atoms with Gasteiger partial charge in [0, 0.05) is 32.2 Å². The van der Waals surface area contributed by atoms with Crippen LogP contribution in [0.15, 0.2) is 12.4 Å². The Morgan fingerprint density at radius 3 is 2.80 bits per heavy atom. The number of hydrogen-bond acceptors (Lipinski definition) is 6. The maximum absolute atomic E-state index is 10.6. The van der Waals surface area contributed by atoms with Gasteiger partial charge >= 0.3 is 5.97 Å². The third kappa shape index (κ3) is 3.51. The molecule has 7 nitrogen and oxygen atoms in total. The van der Waals surface area contributed by atoms with Crippen LogP contribution in [0.25, 0.3) is 0 Å². The first-order valence-electron chi connectivity index (χ1n) is 6.58. The monoisotopic (exact) mass is 278 g/mol. The highest BCUT2D eigenvalue weighted by atomic mass is 16.4. The molecule has 0 aliphatic carbocycles. The van der Waals surface area contributed by atoms with E-state index in [4.69, 9.17) is 5.11 Å². The van der Waals surface area contributed by atoms with E-state index < -0.39 is 5.97 Å². The van der Waals surface area contributed by atoms with E-state index in [2.05, 4.69) is 26.7 Å². The van der Waals surface area contributed by atoms with Gasteiger partial charge in [-0.15, -0.1) is 0 Å². The van der Waals surface area contributed by atoms with Crippen molar-refractivity contribution in [2.75, 3.05) is 31.1 Å². The number of hydrogen-bond donors (Lipinski definition) is 1. The van der Waals surface area contributed by atoms with E-state index in [9.17, 15) is 9.59 Å². The van der Waals surface area contributed by atoms with E-state index >= 15 is 0 Å². The second-order valence-corrected chi connectivity index (χ2v) is 4.89. The Kier molecular flexibility index (Phi) is 4.62. The van der Waals surface area contributed by atoms with Crippen molar-refractivity contribution in [1.29, 1.82) is 0 Å². The molecule has 2 heterocycles. The Morgan fingerprint density at radius 2 is 2.25 bits per heavy atom. The highest BCUT2D eigenvalue weighted by Gasteiger charge is 2.24. The first kappa shape index (κ1) is 14.4. The van der Waals surface area contributed by atoms with Gasteiger partial charge in [0.25, 0.3) is 0 Å². The van der Waals surface area contributed by atoms with E-state index in [-0.39, 0.29) is 12.5 Å². The second-order valence-electron chi connectivity index (χ2n) is 4.89. The van der Waals surface area contributed by atoms with Gasteiger partial charge in [-0.1, -0.05) is 0 Å². The van der Waals surface area contributed by atoms with Gasteiger partial charge in [0.1, 0.15) is 11.5 Å². The Morgan fingerprint density at radius 1 is 1.45 bits per heavy atom. The van der Waals surface area contributed by atoms with Gasteiger partial charge in [-0.05, 0) is 6.92 Å². The van der Waals surface area contributed by atoms with E-state index in [0.717, 1.165) is 25.5 Å². The lowest BCUT2D eigenvalue weighted by Gasteiger charge is -2.40. The molecule has 0 saturated carbocycles. The molecule has 108 valence electrons. The van der Waals surface area contributed by atoms with Gasteiger partial charge in [0.15, 0.2) is 6.29 Å². The Labute approximate surface area is 117 Å². The summed E-state index contributed by atoms with van der Waals surface area (Å²) < 4.78 is 0. The molecule has 1 N–H and O–H groups in total. The lowest BCUT2D eigenvalue weighted by molar-refractivity contribution is -0.137. The van der Waals surface area contributed by atoms with Gasteiger partial charge in [0.2, 0.25) is 0 Å². The average molecular weight is 278 g/mol. The van der Waals surface area contributed by atoms with Crippen molar-refractivity contribution in [3.63, 3.8) is 0 Å². The van der Waals surface area contributed by atoms with Crippen LogP contribution in [-0.4, -0.2) is 64.5 Å². The summed E-state index contributed by atoms with van der Waals surface area (Å²) in [5.74, 6) is -0.0183. The van der Waals surface area contributed by atoms with Crippen molar-refractivity contribution in [2.45, 2.75) is 19.4 Å². The molecule has 1 atom stereocenters. The highest BCUT2D eigenvalue weighted by molar-refractivity contribution is 5.71. The number of nitrogens with zero attached hydrogens (tertiary/aromatic N) is 4. The molecule has 0 spiro atoms. The third-order valence-electron chi connectivity index (χ3n) is 3.48. The van der Waals surface area contributed by atoms with Gasteiger partial charge in [-0.25, -0.2) is 9.97 Å². The fourth-order valence-electron chi connectivity index (χ4n) is 2.33. The van der Waals surface area contributed by atoms with Crippen LogP contribution in [0.4, 0.5) is 5.82 Å². The molecule has 0 bridgehead atoms. The van der Waals surface area contributed by atoms with Crippen LogP contribution in [0.5, 0.6) is 0 Å². The Bertz CT molecular complexity index is 477. The predicted molar refractivity (Wildman–Crippen MR) is 72.9 cm³/mol. The van der Waals surface area contributed by atoms with Gasteiger partial charge in [-0.2, -0.15) is 0 Å². The lowest BCUT2D eigenvalue weighted by atomic mass is 10.2. The standard InChI is InChI=1S/C13H18N4O3/c1-10-8-17(5-4-16(10)3-2-13(19)20)12-7-14-11(9-18)6-15-12/h6-7,9-10H,2-5,8H2,1H3,(H,19,20). The molecule has 1 aromatic rings. The van der Waals surface area contributed by atoms with E-state index in [0.29, 0.717) is 18.5 Å². The zero-order chi connectivity index (χ0) is 14.5. The molecule has 7 heteroatoms. The van der Waals surface area contributed by atoms with Crippen molar-refractivity contribution < 1.29 is 14.7 Å². The van der Waals surface area contributed by atoms with E-state index in [1.165, 1.54) is 6.20 Å². The van der Waals surface area contributed by atoms with Gasteiger partial charge in [0.05, 0.1) is 18.8 Å². The fraction of sp³-hybridized carbons (Fsp3) is 0.538. The number of rotatable bonds is 5. The van der Waals surface area contributed by atoms with Crippen LogP contribution < -0.4 is 4.90 Å². The summed E-state index contributed by atoms with van der Waals surface area (Å²) in [6.07, 6.45) is 3.90. The largest absolute Gasteiger partial charge is 0.481 e. The number of carbonyl (C=O) groups is 2. The normalized spacial score (nSPS) is 19.9. The summed E-state index contributed by atoms with van der Waals surface area (Å²) >= 11 is 0. The summed E-state index contributed by atoms with van der Waals surface area (Å²) in [5.41, 5.74) is 0.321. The maximum Gasteiger partial charge on any atom is 0.304 e. The van der Waals surface area contributed by atoms with Crippen molar-refractivity contribution >= 4 is 18.1 Å². The van der Waals surface area contributed by atoms with Gasteiger partial charge < -0.3 is 10.0 Å². The van der Waals surface area contributed by atoms with Crippen LogP contribution in [0.1, 0.15) is 23.8 Å². The zero-order valence-corrected chi connectivity index (χ0v) is 11.4. The van der Waals surface area contributed by atoms with Crippen LogP contribution in [0.3, 0.4) is 0 Å². The van der Waals surface area contributed by atoms with Gasteiger partial charge in [-0.3, -0.25) is 14.5 Å². The van der Waals surface area contributed by atoms with Crippen LogP contribution in [0.2, 0.25) is 0 Å². The number of carbonyl (C=O) groups excluding carboxylic acids is 1. The van der Waals surface area contributed by atoms with Crippen molar-refractivity contribution in [3.05, 3.63) is 18.1 Å². The average Bonchev–Trinajstić information content (AvgIpc) is 2.46. The number of piperazine rings is 1. The number of carboxylic acid groups (broad SMARTS) is 1. The van der Waals surface area contributed by atoms with Crippen molar-refractivity contribution in [3.8, 4) is 0 Å². The SMILES string of the molecule is CC1CN(c2cnc(C=O)cn2)CCN1CCC(=O)O. The van der Waals surface area contributed by atoms with Crippen LogP contribution >= 0.6 is 0 Å². The predicted octanol–water partition coefficient (Wildman–Crippen LogP) is 0.274. The van der Waals surface area contributed by atoms with Crippen molar-refractivity contribution in [1.82, 2.24) is 14.9 Å². The molecule has 20 heavy (non-hydrogen) atoms. The maximum atomic E-state index is 10.6. The molecule has 0 aromatic carbocycles. The molecule has 1 aliphatic heterocycles. The Hall–Kier alpha value is -2.02. The van der Waals surface area contributed by atoms with E-state index in [1.54, 1.807) is 6.20 Å². The molecule has 1 aromatic heterocycles. The number of aldehydes is 1. The minimum Gasteiger partial charge on any atom is -0.481 e. The summed E-state index contributed by atoms with van der Waals surface area (Å²) in [6, 6.07) is 0.260. The minimum absolute atomic E-state index is 0.165. The van der Waals surface area contributed by atoms with Crippen LogP contribution in [-0.2, 0) is 4.79 Å². The topological polar surface area (TPSA) is 86.6 Å². The highest BCUT2D eigenvalue weighted by Crippen LogP contribution is 2.16. The second kappa shape index (κ2) is 6.42. The molecule has 0 radical (unpaired) electrons. The Balaban J connectivity index is 1.93. The molecular formula is C13H18N4O3. The van der Waals surface area contributed by atoms with Crippen molar-refractivity contribution in [2.24, 2.45) is 0 Å². The summed E-state index contributed by atoms with van der Waals surface area (Å²) in [4.78, 5) is 33.7. The smallest absolute Gasteiger partial charge is 0.304 e. The lowest BCUT2D eigenvalue weighted by Crippen LogP contribution is -2.52. The summed E-state index contributed by atoms with van der Waals surface area (Å²) in [7, 11) is 0. The summed E-state index contributed by atoms with van der Waals surface area (Å²) in [6.45, 7) is 4.99. The van der Waals surface area contributed by atoms with E-state index in [1.807, 2.05) is 0 Å². The molecule has 1 unspecified atom stereocenters. The molecule has 0 amide bonds. The number of aliphatic carboxylic acids is 1. The minimum atomic E-state index is -0.769. The molecule has 1 saturated heterocycles. The first-order chi connectivity index (χ1) is 9.60. The molecular weight excluding hydrogens is 260 g/mol. The fourth-order valence-corrected chi connectivity index (χ4v) is 2.33. The molecule has 2 rings (SSSR count). The first-order valence-corrected chi connectivity index (χ1v) is 6.58. The summed E-state index contributed by atoms with van der Waals surface area (Å²) in [5, 5.41) is 8.73. The quantitative estimate of drug-likeness (QED) is 0.774. The zero-order valence-electron chi connectivity index (χ0n) is 11.4. The number of anilines is 1.